The molecule has 70 valence electrons. The number of nitrogens with one attached hydrogen (secondary N) is 2. The van der Waals surface area contributed by atoms with Gasteiger partial charge in [-0.3, -0.25) is 15.5 Å². The summed E-state index contributed by atoms with van der Waals surface area (Å²) in [5, 5.41) is 5.41. The molecule has 0 atom stereocenters. The third-order valence-electron chi connectivity index (χ3n) is 1.09. The van der Waals surface area contributed by atoms with E-state index in [1.165, 1.54) is 0 Å². The van der Waals surface area contributed by atoms with Gasteiger partial charge in [0, 0.05) is 5.57 Å². The summed E-state index contributed by atoms with van der Waals surface area (Å²) >= 11 is 0. The van der Waals surface area contributed by atoms with Crippen LogP contribution in [0, 0.1) is 0 Å². The predicted molar refractivity (Wildman–Crippen MR) is 43.9 cm³/mol. The van der Waals surface area contributed by atoms with Crippen LogP contribution in [-0.2, 0) is 14.6 Å². The van der Waals surface area contributed by atoms with E-state index in [0.717, 1.165) is 0 Å². The topological polar surface area (TPSA) is 59.6 Å². The van der Waals surface area contributed by atoms with Crippen LogP contribution in [-0.4, -0.2) is 26.4 Å². The van der Waals surface area contributed by atoms with Crippen LogP contribution in [0.5, 0.6) is 0 Å². The van der Waals surface area contributed by atoms with E-state index in [1.807, 2.05) is 0 Å². The predicted octanol–water partition coefficient (Wildman–Crippen LogP) is -0.240. The molecule has 5 nitrogen and oxygen atoms in total. The Morgan fingerprint density at radius 2 is 1.92 bits per heavy atom. The van der Waals surface area contributed by atoms with Crippen molar-refractivity contribution in [1.82, 2.24) is 10.6 Å². The highest BCUT2D eigenvalue weighted by molar-refractivity contribution is 5.86. The maximum absolute atomic E-state index is 10.8. The fourth-order valence-corrected chi connectivity index (χ4v) is 0.404. The highest BCUT2D eigenvalue weighted by Crippen LogP contribution is 1.93. The lowest BCUT2D eigenvalue weighted by Crippen LogP contribution is -2.40. The van der Waals surface area contributed by atoms with Gasteiger partial charge in [-0.2, -0.15) is 0 Å². The van der Waals surface area contributed by atoms with Crippen LogP contribution < -0.4 is 10.6 Å². The van der Waals surface area contributed by atoms with Crippen molar-refractivity contribution < 1.29 is 14.6 Å². The first-order valence-corrected chi connectivity index (χ1v) is 3.49. The largest absolute Gasteiger partial charge is 0.368 e. The molecule has 0 aromatic rings. The first-order chi connectivity index (χ1) is 5.61. The Bertz CT molecular complexity index is 166. The van der Waals surface area contributed by atoms with Crippen molar-refractivity contribution >= 4 is 5.97 Å². The first-order valence-electron chi connectivity index (χ1n) is 3.49. The van der Waals surface area contributed by atoms with Gasteiger partial charge >= 0.3 is 5.97 Å². The molecule has 0 spiro atoms. The molecule has 0 saturated heterocycles. The van der Waals surface area contributed by atoms with Crippen LogP contribution in [0.2, 0.25) is 0 Å². The highest BCUT2D eigenvalue weighted by Gasteiger charge is 2.08. The number of carbonyl (C=O) groups excluding carboxylic acids is 1. The molecular formula is C7H14N2O3. The summed E-state index contributed by atoms with van der Waals surface area (Å²) in [6.07, 6.45) is -0.506. The standard InChI is InChI=1S/C7H14N2O3/c1-5(2)6(10)11-12-7(8-3)9-4/h7-9H,1H2,2-4H3. The van der Waals surface area contributed by atoms with Crippen molar-refractivity contribution in [2.24, 2.45) is 0 Å². The van der Waals surface area contributed by atoms with Gasteiger partial charge in [0.2, 0.25) is 6.35 Å². The minimum absolute atomic E-state index is 0.293. The van der Waals surface area contributed by atoms with Crippen molar-refractivity contribution in [3.05, 3.63) is 12.2 Å². The second kappa shape index (κ2) is 5.70. The van der Waals surface area contributed by atoms with Crippen molar-refractivity contribution in [2.45, 2.75) is 13.3 Å². The molecule has 0 saturated carbocycles. The third-order valence-corrected chi connectivity index (χ3v) is 1.09. The van der Waals surface area contributed by atoms with E-state index in [9.17, 15) is 4.79 Å². The van der Waals surface area contributed by atoms with Crippen molar-refractivity contribution in [1.29, 1.82) is 0 Å². The molecule has 0 aromatic heterocycles. The van der Waals surface area contributed by atoms with Gasteiger partial charge in [0.25, 0.3) is 0 Å². The Kier molecular flexibility index (Phi) is 5.27. The molecule has 0 bridgehead atoms. The summed E-state index contributed by atoms with van der Waals surface area (Å²) in [7, 11) is 3.32. The SMILES string of the molecule is C=C(C)C(=O)OOC(NC)NC. The molecule has 0 radical (unpaired) electrons. The van der Waals surface area contributed by atoms with E-state index < -0.39 is 12.3 Å². The molecule has 0 amide bonds. The van der Waals surface area contributed by atoms with E-state index in [4.69, 9.17) is 0 Å². The van der Waals surface area contributed by atoms with Gasteiger partial charge in [0.15, 0.2) is 0 Å². The van der Waals surface area contributed by atoms with E-state index >= 15 is 0 Å². The molecule has 0 heterocycles. The third kappa shape index (κ3) is 4.07. The lowest BCUT2D eigenvalue weighted by molar-refractivity contribution is -0.304. The zero-order valence-corrected chi connectivity index (χ0v) is 7.51. The van der Waals surface area contributed by atoms with Crippen LogP contribution in [0.15, 0.2) is 12.2 Å². The Balaban J connectivity index is 3.66. The Morgan fingerprint density at radius 3 is 2.25 bits per heavy atom. The number of rotatable bonds is 5. The van der Waals surface area contributed by atoms with Gasteiger partial charge in [-0.15, -0.1) is 4.89 Å². The van der Waals surface area contributed by atoms with Crippen molar-refractivity contribution in [2.75, 3.05) is 14.1 Å². The summed E-state index contributed by atoms with van der Waals surface area (Å²) in [5.74, 6) is -0.578. The summed E-state index contributed by atoms with van der Waals surface area (Å²) in [4.78, 5) is 19.8. The zero-order valence-electron chi connectivity index (χ0n) is 7.51. The summed E-state index contributed by atoms with van der Waals surface area (Å²) in [5.41, 5.74) is 0.293. The molecule has 0 unspecified atom stereocenters. The maximum Gasteiger partial charge on any atom is 0.368 e. The molecular weight excluding hydrogens is 160 g/mol. The first kappa shape index (κ1) is 11.1. The van der Waals surface area contributed by atoms with Crippen molar-refractivity contribution in [3.63, 3.8) is 0 Å². The molecule has 2 N–H and O–H groups in total. The molecule has 5 heteroatoms. The summed E-state index contributed by atoms with van der Waals surface area (Å²) in [6, 6.07) is 0. The van der Waals surface area contributed by atoms with E-state index in [0.29, 0.717) is 5.57 Å². The fraction of sp³-hybridized carbons (Fsp3) is 0.571. The lowest BCUT2D eigenvalue weighted by Gasteiger charge is -2.13. The van der Waals surface area contributed by atoms with Crippen LogP contribution in [0.1, 0.15) is 6.92 Å². The van der Waals surface area contributed by atoms with Gasteiger partial charge in [-0.05, 0) is 21.0 Å². The van der Waals surface area contributed by atoms with Gasteiger partial charge in [0.05, 0.1) is 0 Å². The molecule has 0 fully saturated rings. The molecule has 12 heavy (non-hydrogen) atoms. The summed E-state index contributed by atoms with van der Waals surface area (Å²) < 4.78 is 0. The smallest absolute Gasteiger partial charge is 0.290 e. The van der Waals surface area contributed by atoms with E-state index in [-0.39, 0.29) is 0 Å². The molecule has 0 aliphatic heterocycles. The fourth-order valence-electron chi connectivity index (χ4n) is 0.404. The Morgan fingerprint density at radius 1 is 1.42 bits per heavy atom. The molecule has 0 aromatic carbocycles. The normalized spacial score (nSPS) is 10.0. The maximum atomic E-state index is 10.8. The number of hydrogen-bond acceptors (Lipinski definition) is 5. The van der Waals surface area contributed by atoms with Gasteiger partial charge in [-0.25, -0.2) is 4.79 Å². The van der Waals surface area contributed by atoms with Gasteiger partial charge in [0.1, 0.15) is 0 Å². The number of carbonyl (C=O) groups is 1. The second-order valence-electron chi connectivity index (χ2n) is 2.20. The average molecular weight is 174 g/mol. The zero-order chi connectivity index (χ0) is 9.56. The summed E-state index contributed by atoms with van der Waals surface area (Å²) in [6.45, 7) is 4.93. The van der Waals surface area contributed by atoms with Gasteiger partial charge < -0.3 is 0 Å². The minimum Gasteiger partial charge on any atom is -0.290 e. The minimum atomic E-state index is -0.578. The van der Waals surface area contributed by atoms with Gasteiger partial charge in [-0.1, -0.05) is 6.58 Å². The second-order valence-corrected chi connectivity index (χ2v) is 2.20. The number of hydrogen-bond donors (Lipinski definition) is 2. The van der Waals surface area contributed by atoms with Crippen LogP contribution in [0.4, 0.5) is 0 Å². The quantitative estimate of drug-likeness (QED) is 0.261. The lowest BCUT2D eigenvalue weighted by atomic mass is 10.4. The van der Waals surface area contributed by atoms with Crippen LogP contribution >= 0.6 is 0 Å². The van der Waals surface area contributed by atoms with Crippen LogP contribution in [0.3, 0.4) is 0 Å². The Hall–Kier alpha value is -0.910. The molecule has 0 rings (SSSR count). The molecule has 0 aliphatic rings. The molecule has 0 aliphatic carbocycles. The van der Waals surface area contributed by atoms with E-state index in [1.54, 1.807) is 21.0 Å². The van der Waals surface area contributed by atoms with E-state index in [2.05, 4.69) is 27.0 Å². The monoisotopic (exact) mass is 174 g/mol. The van der Waals surface area contributed by atoms with Crippen LogP contribution in [0.25, 0.3) is 0 Å². The average Bonchev–Trinajstić information content (AvgIpc) is 2.05. The van der Waals surface area contributed by atoms with Crippen molar-refractivity contribution in [3.8, 4) is 0 Å². The highest BCUT2D eigenvalue weighted by atomic mass is 17.2. The Labute approximate surface area is 71.7 Å².